The van der Waals surface area contributed by atoms with Crippen molar-refractivity contribution in [1.82, 2.24) is 5.01 Å². The molecule has 0 radical (unpaired) electrons. The van der Waals surface area contributed by atoms with Crippen molar-refractivity contribution >= 4 is 28.4 Å². The van der Waals surface area contributed by atoms with Crippen molar-refractivity contribution < 1.29 is 32.4 Å². The van der Waals surface area contributed by atoms with Gasteiger partial charge in [-0.05, 0) is 23.8 Å². The van der Waals surface area contributed by atoms with Gasteiger partial charge in [-0.2, -0.15) is 5.10 Å². The molecule has 0 unspecified atom stereocenters. The van der Waals surface area contributed by atoms with Crippen LogP contribution >= 0.6 is 11.8 Å². The van der Waals surface area contributed by atoms with Gasteiger partial charge in [0.1, 0.15) is 0 Å². The largest absolute Gasteiger partial charge is 0.573 e. The Morgan fingerprint density at radius 3 is 2.50 bits per heavy atom. The molecule has 0 aliphatic carbocycles. The highest BCUT2D eigenvalue weighted by Gasteiger charge is 2.33. The standard InChI is InChI=1S/C18H14F3N3O5S/c1-28-16-8-12(4-7-15(16)29-18(19,20)21)14-10-30-17(25)23(22-14)9-11-2-5-13(6-3-11)24(26)27/h2-8H,9-10H2,1H3. The molecule has 8 nitrogen and oxygen atoms in total. The van der Waals surface area contributed by atoms with Crippen LogP contribution in [-0.4, -0.2) is 40.1 Å². The fourth-order valence-corrected chi connectivity index (χ4v) is 3.35. The van der Waals surface area contributed by atoms with E-state index in [9.17, 15) is 28.1 Å². The lowest BCUT2D eigenvalue weighted by molar-refractivity contribution is -0.384. The molecule has 0 fully saturated rings. The molecule has 3 rings (SSSR count). The summed E-state index contributed by atoms with van der Waals surface area (Å²) in [6.45, 7) is 0.0831. The number of ether oxygens (including phenoxy) is 2. The summed E-state index contributed by atoms with van der Waals surface area (Å²) in [5.74, 6) is -0.397. The van der Waals surface area contributed by atoms with Crippen LogP contribution in [-0.2, 0) is 6.54 Å². The van der Waals surface area contributed by atoms with E-state index in [2.05, 4.69) is 9.84 Å². The van der Waals surface area contributed by atoms with E-state index < -0.39 is 17.0 Å². The van der Waals surface area contributed by atoms with Crippen LogP contribution in [0.15, 0.2) is 47.6 Å². The molecule has 1 aliphatic heterocycles. The van der Waals surface area contributed by atoms with Crippen LogP contribution in [0.5, 0.6) is 11.5 Å². The second-order valence-corrected chi connectivity index (χ2v) is 6.92. The van der Waals surface area contributed by atoms with Crippen molar-refractivity contribution in [3.63, 3.8) is 0 Å². The Bertz CT molecular complexity index is 996. The van der Waals surface area contributed by atoms with Gasteiger partial charge in [0.05, 0.1) is 24.3 Å². The maximum absolute atomic E-state index is 12.5. The highest BCUT2D eigenvalue weighted by molar-refractivity contribution is 8.14. The van der Waals surface area contributed by atoms with Crippen LogP contribution in [0.2, 0.25) is 0 Å². The Morgan fingerprint density at radius 2 is 1.90 bits per heavy atom. The normalized spacial score (nSPS) is 14.3. The average molecular weight is 441 g/mol. The molecule has 0 N–H and O–H groups in total. The van der Waals surface area contributed by atoms with Gasteiger partial charge < -0.3 is 9.47 Å². The fourth-order valence-electron chi connectivity index (χ4n) is 2.61. The van der Waals surface area contributed by atoms with Crippen LogP contribution in [0.4, 0.5) is 23.7 Å². The van der Waals surface area contributed by atoms with Crippen molar-refractivity contribution in [2.45, 2.75) is 12.9 Å². The minimum atomic E-state index is -4.86. The molecule has 30 heavy (non-hydrogen) atoms. The number of halogens is 3. The molecule has 1 amide bonds. The third-order valence-corrected chi connectivity index (χ3v) is 4.86. The number of non-ortho nitro benzene ring substituents is 1. The minimum Gasteiger partial charge on any atom is -0.493 e. The van der Waals surface area contributed by atoms with Crippen molar-refractivity contribution in [3.8, 4) is 11.5 Å². The lowest BCUT2D eigenvalue weighted by atomic mass is 10.1. The Kier molecular flexibility index (Phi) is 6.15. The fraction of sp³-hybridized carbons (Fsp3) is 0.222. The van der Waals surface area contributed by atoms with Gasteiger partial charge in [0.25, 0.3) is 5.69 Å². The number of hydrazone groups is 1. The molecule has 2 aromatic carbocycles. The minimum absolute atomic E-state index is 0.0736. The topological polar surface area (TPSA) is 94.3 Å². The second kappa shape index (κ2) is 8.61. The summed E-state index contributed by atoms with van der Waals surface area (Å²) in [4.78, 5) is 22.4. The number of rotatable bonds is 6. The average Bonchev–Trinajstić information content (AvgIpc) is 2.69. The number of methoxy groups -OCH3 is 1. The quantitative estimate of drug-likeness (QED) is 0.481. The first-order valence-electron chi connectivity index (χ1n) is 8.35. The first-order chi connectivity index (χ1) is 14.2. The number of carbonyl (C=O) groups is 1. The van der Waals surface area contributed by atoms with Gasteiger partial charge >= 0.3 is 11.6 Å². The number of thioether (sulfide) groups is 1. The van der Waals surface area contributed by atoms with Crippen LogP contribution < -0.4 is 9.47 Å². The number of nitrogens with zero attached hydrogens (tertiary/aromatic N) is 3. The van der Waals surface area contributed by atoms with Crippen molar-refractivity contribution in [2.24, 2.45) is 5.10 Å². The van der Waals surface area contributed by atoms with Crippen molar-refractivity contribution in [1.29, 1.82) is 0 Å². The molecular weight excluding hydrogens is 427 g/mol. The lowest BCUT2D eigenvalue weighted by Crippen LogP contribution is -2.29. The van der Waals surface area contributed by atoms with Gasteiger partial charge in [-0.3, -0.25) is 14.9 Å². The third-order valence-electron chi connectivity index (χ3n) is 3.99. The summed E-state index contributed by atoms with van der Waals surface area (Å²) in [5.41, 5.74) is 1.48. The van der Waals surface area contributed by atoms with Crippen LogP contribution in [0, 0.1) is 10.1 Å². The van der Waals surface area contributed by atoms with Crippen molar-refractivity contribution in [2.75, 3.05) is 12.9 Å². The van der Waals surface area contributed by atoms with E-state index in [1.54, 1.807) is 0 Å². The third kappa shape index (κ3) is 5.20. The number of amides is 1. The smallest absolute Gasteiger partial charge is 0.493 e. The number of nitro benzene ring substituents is 1. The van der Waals surface area contributed by atoms with E-state index in [4.69, 9.17) is 4.74 Å². The zero-order chi connectivity index (χ0) is 21.9. The Morgan fingerprint density at radius 1 is 1.20 bits per heavy atom. The molecule has 0 bridgehead atoms. The predicted molar refractivity (Wildman–Crippen MR) is 103 cm³/mol. The zero-order valence-corrected chi connectivity index (χ0v) is 16.2. The summed E-state index contributed by atoms with van der Waals surface area (Å²) in [7, 11) is 1.21. The van der Waals surface area contributed by atoms with E-state index >= 15 is 0 Å². The molecule has 158 valence electrons. The van der Waals surface area contributed by atoms with Crippen LogP contribution in [0.25, 0.3) is 0 Å². The number of alkyl halides is 3. The molecule has 0 spiro atoms. The summed E-state index contributed by atoms with van der Waals surface area (Å²) >= 11 is 0.980. The Labute approximate surface area is 172 Å². The number of nitro groups is 1. The van der Waals surface area contributed by atoms with Crippen molar-refractivity contribution in [3.05, 3.63) is 63.7 Å². The summed E-state index contributed by atoms with van der Waals surface area (Å²) in [6, 6.07) is 9.55. The lowest BCUT2D eigenvalue weighted by Gasteiger charge is -2.23. The first-order valence-corrected chi connectivity index (χ1v) is 9.34. The molecule has 2 aromatic rings. The molecule has 0 saturated carbocycles. The summed E-state index contributed by atoms with van der Waals surface area (Å²) in [5, 5.41) is 15.9. The van der Waals surface area contributed by atoms with E-state index in [0.717, 1.165) is 17.8 Å². The number of carbonyl (C=O) groups excluding carboxylic acids is 1. The van der Waals surface area contributed by atoms with E-state index in [0.29, 0.717) is 16.8 Å². The molecule has 0 atom stereocenters. The Hall–Kier alpha value is -3.28. The summed E-state index contributed by atoms with van der Waals surface area (Å²) in [6.07, 6.45) is -4.86. The van der Waals surface area contributed by atoms with Gasteiger partial charge in [0.15, 0.2) is 11.5 Å². The Balaban J connectivity index is 1.83. The SMILES string of the molecule is COc1cc(C2=NN(Cc3ccc([N+](=O)[O-])cc3)C(=O)SC2)ccc1OC(F)(F)F. The zero-order valence-electron chi connectivity index (χ0n) is 15.4. The molecule has 0 saturated heterocycles. The molecule has 0 aromatic heterocycles. The van der Waals surface area contributed by atoms with Crippen LogP contribution in [0.1, 0.15) is 11.1 Å². The van der Waals surface area contributed by atoms with Gasteiger partial charge in [-0.1, -0.05) is 23.9 Å². The van der Waals surface area contributed by atoms with E-state index in [1.807, 2.05) is 0 Å². The maximum atomic E-state index is 12.5. The number of hydrogen-bond acceptors (Lipinski definition) is 7. The van der Waals surface area contributed by atoms with E-state index in [1.165, 1.54) is 48.5 Å². The van der Waals surface area contributed by atoms with Gasteiger partial charge in [0, 0.05) is 23.4 Å². The summed E-state index contributed by atoms with van der Waals surface area (Å²) < 4.78 is 46.4. The number of hydrogen-bond donors (Lipinski definition) is 0. The highest BCUT2D eigenvalue weighted by Crippen LogP contribution is 2.34. The van der Waals surface area contributed by atoms with Gasteiger partial charge in [0.2, 0.25) is 0 Å². The van der Waals surface area contributed by atoms with Gasteiger partial charge in [-0.15, -0.1) is 13.2 Å². The first kappa shape index (κ1) is 21.4. The number of benzene rings is 2. The predicted octanol–water partition coefficient (Wildman–Crippen LogP) is 4.58. The molecule has 1 aliphatic rings. The monoisotopic (exact) mass is 441 g/mol. The molecular formula is C18H14F3N3O5S. The molecule has 12 heteroatoms. The second-order valence-electron chi connectivity index (χ2n) is 6.00. The van der Waals surface area contributed by atoms with Gasteiger partial charge in [-0.25, -0.2) is 5.01 Å². The highest BCUT2D eigenvalue weighted by atomic mass is 32.2. The van der Waals surface area contributed by atoms with Crippen LogP contribution in [0.3, 0.4) is 0 Å². The van der Waals surface area contributed by atoms with E-state index in [-0.39, 0.29) is 29.0 Å². The maximum Gasteiger partial charge on any atom is 0.573 e. The molecule has 1 heterocycles.